The number of carbonyl (C=O) groups excluding carboxylic acids is 1. The molecule has 0 amide bonds. The summed E-state index contributed by atoms with van der Waals surface area (Å²) in [5, 5.41) is 0. The van der Waals surface area contributed by atoms with Crippen molar-refractivity contribution in [3.8, 4) is 17.1 Å². The highest BCUT2D eigenvalue weighted by Crippen LogP contribution is 2.21. The molecule has 0 bridgehead atoms. The molecule has 0 radical (unpaired) electrons. The predicted molar refractivity (Wildman–Crippen MR) is 107 cm³/mol. The van der Waals surface area contributed by atoms with E-state index in [1.165, 1.54) is 43.5 Å². The molecular weight excluding hydrogens is 374 g/mol. The van der Waals surface area contributed by atoms with Crippen LogP contribution < -0.4 is 4.74 Å². The Labute approximate surface area is 168 Å². The Morgan fingerprint density at radius 2 is 1.69 bits per heavy atom. The minimum absolute atomic E-state index is 0.137. The molecule has 29 heavy (non-hydrogen) atoms. The Hall–Kier alpha value is -3.15. The lowest BCUT2D eigenvalue weighted by Gasteiger charge is -2.07. The monoisotopic (exact) mass is 396 g/mol. The Morgan fingerprint density at radius 1 is 0.966 bits per heavy atom. The second-order valence-electron chi connectivity index (χ2n) is 6.76. The molecule has 6 heteroatoms. The van der Waals surface area contributed by atoms with Crippen LogP contribution in [0.5, 0.6) is 5.75 Å². The molecule has 0 N–H and O–H groups in total. The van der Waals surface area contributed by atoms with E-state index >= 15 is 0 Å². The predicted octanol–water partition coefficient (Wildman–Crippen LogP) is 5.76. The zero-order valence-electron chi connectivity index (χ0n) is 16.2. The van der Waals surface area contributed by atoms with Gasteiger partial charge in [0, 0.05) is 18.0 Å². The summed E-state index contributed by atoms with van der Waals surface area (Å²) < 4.78 is 32.5. The Balaban J connectivity index is 1.67. The molecule has 3 rings (SSSR count). The Kier molecular flexibility index (Phi) is 7.00. The number of ether oxygens (including phenoxy) is 1. The third-order valence-corrected chi connectivity index (χ3v) is 4.50. The SMILES string of the molecule is CCCCCCc1cnc(-c2ccc(C(=O)Oc3ccc(F)cc3)c(F)c2)nc1. The maximum absolute atomic E-state index is 14.5. The van der Waals surface area contributed by atoms with Gasteiger partial charge in [-0.25, -0.2) is 23.5 Å². The number of hydrogen-bond acceptors (Lipinski definition) is 4. The molecule has 0 saturated heterocycles. The number of aromatic nitrogens is 2. The lowest BCUT2D eigenvalue weighted by molar-refractivity contribution is 0.0729. The number of aryl methyl sites for hydroxylation is 1. The van der Waals surface area contributed by atoms with E-state index in [0.717, 1.165) is 30.5 Å². The summed E-state index contributed by atoms with van der Waals surface area (Å²) in [6, 6.07) is 9.03. The highest BCUT2D eigenvalue weighted by molar-refractivity contribution is 5.91. The maximum atomic E-state index is 14.5. The Bertz CT molecular complexity index is 958. The molecule has 1 aromatic heterocycles. The number of hydrogen-bond donors (Lipinski definition) is 0. The van der Waals surface area contributed by atoms with Gasteiger partial charge in [-0.1, -0.05) is 32.3 Å². The minimum atomic E-state index is -0.857. The molecule has 0 aliphatic heterocycles. The van der Waals surface area contributed by atoms with E-state index in [1.54, 1.807) is 18.5 Å². The molecule has 0 saturated carbocycles. The van der Waals surface area contributed by atoms with Crippen LogP contribution in [0.1, 0.15) is 48.5 Å². The molecule has 2 aromatic carbocycles. The van der Waals surface area contributed by atoms with Gasteiger partial charge in [-0.05, 0) is 54.8 Å². The quantitative estimate of drug-likeness (QED) is 0.276. The van der Waals surface area contributed by atoms with Crippen molar-refractivity contribution in [2.24, 2.45) is 0 Å². The van der Waals surface area contributed by atoms with Crippen molar-refractivity contribution in [3.05, 3.63) is 77.6 Å². The molecular formula is C23H22F2N2O2. The van der Waals surface area contributed by atoms with Crippen LogP contribution in [0, 0.1) is 11.6 Å². The van der Waals surface area contributed by atoms with E-state index in [9.17, 15) is 13.6 Å². The van der Waals surface area contributed by atoms with E-state index in [1.807, 2.05) is 0 Å². The van der Waals surface area contributed by atoms with Crippen molar-refractivity contribution >= 4 is 5.97 Å². The van der Waals surface area contributed by atoms with Crippen LogP contribution in [0.25, 0.3) is 11.4 Å². The van der Waals surface area contributed by atoms with Crippen LogP contribution in [0.15, 0.2) is 54.9 Å². The van der Waals surface area contributed by atoms with Crippen LogP contribution in [-0.4, -0.2) is 15.9 Å². The van der Waals surface area contributed by atoms with E-state index in [-0.39, 0.29) is 11.3 Å². The fourth-order valence-corrected chi connectivity index (χ4v) is 2.87. The molecule has 0 unspecified atom stereocenters. The second kappa shape index (κ2) is 9.87. The van der Waals surface area contributed by atoms with Gasteiger partial charge in [0.05, 0.1) is 5.56 Å². The van der Waals surface area contributed by atoms with Gasteiger partial charge in [-0.3, -0.25) is 0 Å². The summed E-state index contributed by atoms with van der Waals surface area (Å²) in [5.74, 6) is -1.52. The first kappa shape index (κ1) is 20.6. The number of rotatable bonds is 8. The topological polar surface area (TPSA) is 52.1 Å². The summed E-state index contributed by atoms with van der Waals surface area (Å²) in [5.41, 5.74) is 1.30. The van der Waals surface area contributed by atoms with Crippen molar-refractivity contribution in [3.63, 3.8) is 0 Å². The third-order valence-electron chi connectivity index (χ3n) is 4.50. The molecule has 1 heterocycles. The number of esters is 1. The average Bonchev–Trinajstić information content (AvgIpc) is 2.73. The number of unbranched alkanes of at least 4 members (excludes halogenated alkanes) is 3. The molecule has 0 fully saturated rings. The highest BCUT2D eigenvalue weighted by atomic mass is 19.1. The van der Waals surface area contributed by atoms with Crippen LogP contribution >= 0.6 is 0 Å². The van der Waals surface area contributed by atoms with Crippen molar-refractivity contribution < 1.29 is 18.3 Å². The fraction of sp³-hybridized carbons (Fsp3) is 0.261. The largest absolute Gasteiger partial charge is 0.423 e. The molecule has 0 aliphatic rings. The van der Waals surface area contributed by atoms with Crippen molar-refractivity contribution in [2.75, 3.05) is 0 Å². The molecule has 150 valence electrons. The molecule has 0 spiro atoms. The maximum Gasteiger partial charge on any atom is 0.346 e. The highest BCUT2D eigenvalue weighted by Gasteiger charge is 2.16. The van der Waals surface area contributed by atoms with Gasteiger partial charge in [0.2, 0.25) is 0 Å². The molecule has 0 aliphatic carbocycles. The van der Waals surface area contributed by atoms with Crippen molar-refractivity contribution in [1.29, 1.82) is 0 Å². The van der Waals surface area contributed by atoms with Crippen molar-refractivity contribution in [1.82, 2.24) is 9.97 Å². The Morgan fingerprint density at radius 3 is 2.34 bits per heavy atom. The van der Waals surface area contributed by atoms with Gasteiger partial charge in [0.25, 0.3) is 0 Å². The normalized spacial score (nSPS) is 10.7. The van der Waals surface area contributed by atoms with Gasteiger partial charge in [-0.15, -0.1) is 0 Å². The van der Waals surface area contributed by atoms with E-state index in [4.69, 9.17) is 4.74 Å². The van der Waals surface area contributed by atoms with Crippen LogP contribution in [0.2, 0.25) is 0 Å². The van der Waals surface area contributed by atoms with Gasteiger partial charge in [-0.2, -0.15) is 0 Å². The van der Waals surface area contributed by atoms with Gasteiger partial charge in [0.1, 0.15) is 17.4 Å². The number of benzene rings is 2. The van der Waals surface area contributed by atoms with Crippen LogP contribution in [-0.2, 0) is 6.42 Å². The van der Waals surface area contributed by atoms with E-state index in [0.29, 0.717) is 11.4 Å². The first-order chi connectivity index (χ1) is 14.1. The summed E-state index contributed by atoms with van der Waals surface area (Å²) in [4.78, 5) is 20.8. The molecule has 0 atom stereocenters. The standard InChI is InChI=1S/C23H22F2N2O2/c1-2-3-4-5-6-16-14-26-22(27-15-16)17-7-12-20(21(25)13-17)23(28)29-19-10-8-18(24)9-11-19/h7-15H,2-6H2,1H3. The number of halogens is 2. The lowest BCUT2D eigenvalue weighted by atomic mass is 10.1. The molecule has 4 nitrogen and oxygen atoms in total. The van der Waals surface area contributed by atoms with Gasteiger partial charge in [0.15, 0.2) is 5.82 Å². The summed E-state index contributed by atoms with van der Waals surface area (Å²) in [6.07, 6.45) is 9.10. The smallest absolute Gasteiger partial charge is 0.346 e. The lowest BCUT2D eigenvalue weighted by Crippen LogP contribution is -2.11. The molecule has 3 aromatic rings. The number of nitrogens with zero attached hydrogens (tertiary/aromatic N) is 2. The van der Waals surface area contributed by atoms with Crippen molar-refractivity contribution in [2.45, 2.75) is 39.0 Å². The van der Waals surface area contributed by atoms with E-state index in [2.05, 4.69) is 16.9 Å². The van der Waals surface area contributed by atoms with Gasteiger partial charge < -0.3 is 4.74 Å². The third kappa shape index (κ3) is 5.67. The first-order valence-electron chi connectivity index (χ1n) is 9.65. The van der Waals surface area contributed by atoms with E-state index < -0.39 is 17.6 Å². The minimum Gasteiger partial charge on any atom is -0.423 e. The summed E-state index contributed by atoms with van der Waals surface area (Å²) in [6.45, 7) is 2.17. The van der Waals surface area contributed by atoms with Crippen LogP contribution in [0.3, 0.4) is 0 Å². The average molecular weight is 396 g/mol. The summed E-state index contributed by atoms with van der Waals surface area (Å²) in [7, 11) is 0. The summed E-state index contributed by atoms with van der Waals surface area (Å²) >= 11 is 0. The van der Waals surface area contributed by atoms with Crippen LogP contribution in [0.4, 0.5) is 8.78 Å². The first-order valence-corrected chi connectivity index (χ1v) is 9.65. The number of carbonyl (C=O) groups is 1. The second-order valence-corrected chi connectivity index (χ2v) is 6.76. The van der Waals surface area contributed by atoms with Gasteiger partial charge >= 0.3 is 5.97 Å². The fourth-order valence-electron chi connectivity index (χ4n) is 2.87. The zero-order chi connectivity index (χ0) is 20.6. The zero-order valence-corrected chi connectivity index (χ0v) is 16.2.